The molecule has 0 atom stereocenters. The van der Waals surface area contributed by atoms with Crippen LogP contribution in [-0.2, 0) is 5.41 Å². The number of aromatic nitrogens is 1. The highest BCUT2D eigenvalue weighted by Crippen LogP contribution is 2.58. The van der Waals surface area contributed by atoms with E-state index >= 15 is 0 Å². The van der Waals surface area contributed by atoms with Crippen molar-refractivity contribution < 1.29 is 0 Å². The molecule has 7 heteroatoms. The summed E-state index contributed by atoms with van der Waals surface area (Å²) in [4.78, 5) is 9.91. The molecule has 0 radical (unpaired) electrons. The maximum Gasteiger partial charge on any atom is 0.184 e. The van der Waals surface area contributed by atoms with Gasteiger partial charge in [0.1, 0.15) is 0 Å². The van der Waals surface area contributed by atoms with E-state index in [0.29, 0.717) is 0 Å². The first-order valence-electron chi connectivity index (χ1n) is 47.7. The molecule has 0 saturated heterocycles. The third-order valence-corrected chi connectivity index (χ3v) is 38.5. The molecular formula is C131H93N5Si2. The second kappa shape index (κ2) is 34.8. The average molecular weight is 1790 g/mol. The summed E-state index contributed by atoms with van der Waals surface area (Å²) >= 11 is 0. The third-order valence-electron chi connectivity index (χ3n) is 28.8. The fourth-order valence-corrected chi connectivity index (χ4v) is 33.2. The molecule has 0 spiro atoms. The van der Waals surface area contributed by atoms with Crippen molar-refractivity contribution in [2.75, 3.05) is 19.6 Å². The molecule has 2 aliphatic heterocycles. The first kappa shape index (κ1) is 82.4. The Bertz CT molecular complexity index is 8250. The molecule has 1 aliphatic carbocycles. The lowest BCUT2D eigenvalue weighted by Gasteiger charge is -2.45. The predicted octanol–water partition coefficient (Wildman–Crippen LogP) is 28.6. The van der Waals surface area contributed by atoms with E-state index in [9.17, 15) is 0 Å². The molecule has 0 amide bonds. The lowest BCUT2D eigenvalue weighted by Crippen LogP contribution is -2.77. The van der Waals surface area contributed by atoms with Crippen molar-refractivity contribution in [1.29, 1.82) is 0 Å². The van der Waals surface area contributed by atoms with Crippen LogP contribution in [0.15, 0.2) is 564 Å². The fourth-order valence-electron chi connectivity index (χ4n) is 23.0. The van der Waals surface area contributed by atoms with E-state index in [1.165, 1.54) is 152 Å². The van der Waals surface area contributed by atoms with Crippen molar-refractivity contribution in [1.82, 2.24) is 4.57 Å². The maximum absolute atomic E-state index is 2.94. The number of fused-ring (bicyclic) bond motifs is 11. The van der Waals surface area contributed by atoms with Crippen LogP contribution in [0, 0.1) is 0 Å². The van der Waals surface area contributed by atoms with E-state index in [1.807, 2.05) is 0 Å². The van der Waals surface area contributed by atoms with E-state index in [4.69, 9.17) is 0 Å². The monoisotopic (exact) mass is 1790 g/mol. The second-order valence-electron chi connectivity index (χ2n) is 36.0. The van der Waals surface area contributed by atoms with Crippen LogP contribution < -0.4 is 61.1 Å². The van der Waals surface area contributed by atoms with Gasteiger partial charge in [0, 0.05) is 84.7 Å². The van der Waals surface area contributed by atoms with Crippen LogP contribution in [0.1, 0.15) is 22.3 Å². The van der Waals surface area contributed by atoms with Crippen LogP contribution in [0.3, 0.4) is 0 Å². The van der Waals surface area contributed by atoms with Gasteiger partial charge in [-0.25, -0.2) is 0 Å². The zero-order valence-corrected chi connectivity index (χ0v) is 77.9. The van der Waals surface area contributed by atoms with Gasteiger partial charge in [0.15, 0.2) is 16.1 Å². The Morgan fingerprint density at radius 1 is 0.188 bits per heavy atom. The van der Waals surface area contributed by atoms with Crippen LogP contribution in [-0.4, -0.2) is 20.7 Å². The number of benzene rings is 22. The molecule has 138 heavy (non-hydrogen) atoms. The molecule has 3 aliphatic rings. The minimum absolute atomic E-state index is 0.561. The Balaban J connectivity index is 0.000000148. The van der Waals surface area contributed by atoms with E-state index in [-0.39, 0.29) is 0 Å². The molecule has 23 aromatic rings. The minimum atomic E-state index is -2.94. The van der Waals surface area contributed by atoms with E-state index in [0.717, 1.165) is 51.2 Å². The van der Waals surface area contributed by atoms with Crippen LogP contribution in [0.25, 0.3) is 71.6 Å². The molecule has 22 aromatic carbocycles. The summed E-state index contributed by atoms with van der Waals surface area (Å²) in [7, 11) is -5.79. The molecule has 0 saturated carbocycles. The van der Waals surface area contributed by atoms with Gasteiger partial charge in [0.05, 0.1) is 16.4 Å². The second-order valence-corrected chi connectivity index (χ2v) is 43.5. The fraction of sp³-hybridized carbons (Fsp3) is 0.00763. The topological polar surface area (TPSA) is 17.9 Å². The van der Waals surface area contributed by atoms with Crippen LogP contribution in [0.5, 0.6) is 0 Å². The van der Waals surface area contributed by atoms with Gasteiger partial charge in [-0.2, -0.15) is 0 Å². The highest BCUT2D eigenvalue weighted by molar-refractivity contribution is 7.22. The Labute approximate surface area is 807 Å². The molecular weight excluding hydrogens is 1700 g/mol. The lowest BCUT2D eigenvalue weighted by molar-refractivity contribution is 0.768. The van der Waals surface area contributed by atoms with Crippen molar-refractivity contribution in [3.63, 3.8) is 0 Å². The number of hydrogen-bond donors (Lipinski definition) is 0. The molecule has 650 valence electrons. The Kier molecular flexibility index (Phi) is 20.8. The SMILES string of the molecule is c1ccc(-c2ccc(N(c3ccc(-n4c5ccccc5c5ccccc54)cc3)c3ccc4c(c3)N(c3ccccc3)c3ccccc3[Si]4(c3ccccc3)c3ccccc3)cc2)cc1.c1ccc(N2c3ccccc3[Si](c3ccccc3)(c3ccccc3)c3ccc(N(c4ccc(-c5cccc6ccccc56)cc4)c4cccc(C5(c6ccccc6)c6ccccc6-c6ccccc65)c4)cc32)cc1. The standard InChI is InChI=1S/C71H50N2Si.C60H43N3Si/c1-5-25-53(26-6-1)71(65-39-17-15-36-63(65)64-37-16-18-40-66(64)71)54-27-22-30-57(49-54)72(56-45-43-52(44-46-56)62-38-21-24-51-23-13-14-35-61(51)62)58-47-48-70-68(50-58)73(55-28-7-2-8-29-55)67-41-19-20-42-69(67)74(70,59-31-9-3-10-32-59)60-33-11-4-12-34-60;1-5-19-44(20-6-1)45-33-35-47(36-34-45)61(48-37-39-49(40-38-48)62-55-29-15-13-27-53(55)54-28-14-16-30-56(54)62)50-41-42-60-58(43-50)63(46-21-7-2-8-22-46)57-31-17-18-32-59(57)64(60,51-23-9-3-10-24-51)52-25-11-4-12-26-52/h1-50H;1-43H. The van der Waals surface area contributed by atoms with Gasteiger partial charge in [-0.1, -0.05) is 431 Å². The van der Waals surface area contributed by atoms with Crippen molar-refractivity contribution in [3.8, 4) is 39.1 Å². The van der Waals surface area contributed by atoms with Crippen LogP contribution in [0.4, 0.5) is 68.2 Å². The van der Waals surface area contributed by atoms with Gasteiger partial charge < -0.3 is 24.2 Å². The van der Waals surface area contributed by atoms with E-state index < -0.39 is 21.6 Å². The number of hydrogen-bond acceptors (Lipinski definition) is 4. The summed E-state index contributed by atoms with van der Waals surface area (Å²) < 4.78 is 2.39. The number of anilines is 12. The summed E-state index contributed by atoms with van der Waals surface area (Å²) in [5, 5.41) is 15.9. The molecule has 0 fully saturated rings. The van der Waals surface area contributed by atoms with Gasteiger partial charge in [0.25, 0.3) is 0 Å². The molecule has 0 N–H and O–H groups in total. The summed E-state index contributed by atoms with van der Waals surface area (Å²) in [5.41, 5.74) is 28.9. The lowest BCUT2D eigenvalue weighted by atomic mass is 9.67. The van der Waals surface area contributed by atoms with Gasteiger partial charge in [-0.05, 0) is 241 Å². The summed E-state index contributed by atoms with van der Waals surface area (Å²) in [6.45, 7) is 0. The highest BCUT2D eigenvalue weighted by Gasteiger charge is 2.52. The molecule has 0 unspecified atom stereocenters. The van der Waals surface area contributed by atoms with Crippen molar-refractivity contribution >= 4 is 158 Å². The average Bonchev–Trinajstić information content (AvgIpc) is 1.61. The van der Waals surface area contributed by atoms with Crippen molar-refractivity contribution in [2.24, 2.45) is 0 Å². The minimum Gasteiger partial charge on any atom is -0.311 e. The zero-order valence-electron chi connectivity index (χ0n) is 75.9. The van der Waals surface area contributed by atoms with Crippen molar-refractivity contribution in [2.45, 2.75) is 5.41 Å². The van der Waals surface area contributed by atoms with Crippen LogP contribution >= 0.6 is 0 Å². The van der Waals surface area contributed by atoms with Gasteiger partial charge in [-0.15, -0.1) is 0 Å². The summed E-state index contributed by atoms with van der Waals surface area (Å²) in [6, 6.07) is 209. The summed E-state index contributed by atoms with van der Waals surface area (Å²) in [5.74, 6) is 0. The Hall–Kier alpha value is -17.5. The molecule has 1 aromatic heterocycles. The van der Waals surface area contributed by atoms with Crippen LogP contribution in [0.2, 0.25) is 0 Å². The predicted molar refractivity (Wildman–Crippen MR) is 586 cm³/mol. The van der Waals surface area contributed by atoms with Gasteiger partial charge in [-0.3, -0.25) is 0 Å². The molecule has 0 bridgehead atoms. The van der Waals surface area contributed by atoms with Crippen molar-refractivity contribution in [3.05, 3.63) is 586 Å². The summed E-state index contributed by atoms with van der Waals surface area (Å²) in [6.07, 6.45) is 0. The number of nitrogens with zero attached hydrogens (tertiary/aromatic N) is 5. The van der Waals surface area contributed by atoms with E-state index in [1.54, 1.807) is 0 Å². The van der Waals surface area contributed by atoms with Gasteiger partial charge >= 0.3 is 0 Å². The highest BCUT2D eigenvalue weighted by atomic mass is 28.3. The maximum atomic E-state index is 2.51. The molecule has 3 heterocycles. The van der Waals surface area contributed by atoms with Gasteiger partial charge in [0.2, 0.25) is 0 Å². The van der Waals surface area contributed by atoms with E-state index in [2.05, 4.69) is 588 Å². The number of rotatable bonds is 17. The quantitative estimate of drug-likeness (QED) is 0.0845. The largest absolute Gasteiger partial charge is 0.311 e. The Morgan fingerprint density at radius 3 is 1.00 bits per heavy atom. The number of para-hydroxylation sites is 6. The first-order chi connectivity index (χ1) is 68.5. The smallest absolute Gasteiger partial charge is 0.184 e. The third kappa shape index (κ3) is 13.6. The normalized spacial score (nSPS) is 13.2. The zero-order chi connectivity index (χ0) is 91.5. The first-order valence-corrected chi connectivity index (χ1v) is 51.7. The molecule has 5 nitrogen and oxygen atoms in total. The Morgan fingerprint density at radius 2 is 0.514 bits per heavy atom. The molecule has 26 rings (SSSR count).